The molecule has 0 bridgehead atoms. The van der Waals surface area contributed by atoms with E-state index in [9.17, 15) is 4.79 Å². The first-order valence-corrected chi connectivity index (χ1v) is 8.46. The Labute approximate surface area is 148 Å². The second kappa shape index (κ2) is 8.85. The van der Waals surface area contributed by atoms with Gasteiger partial charge in [-0.3, -0.25) is 9.48 Å². The quantitative estimate of drug-likeness (QED) is 0.797. The molecule has 0 fully saturated rings. The predicted molar refractivity (Wildman–Crippen MR) is 97.3 cm³/mol. The molecule has 0 spiro atoms. The van der Waals surface area contributed by atoms with E-state index in [1.807, 2.05) is 51.6 Å². The van der Waals surface area contributed by atoms with Gasteiger partial charge in [-0.15, -0.1) is 0 Å². The fourth-order valence-electron chi connectivity index (χ4n) is 2.65. The summed E-state index contributed by atoms with van der Waals surface area (Å²) >= 11 is 5.96. The highest BCUT2D eigenvalue weighted by Crippen LogP contribution is 2.19. The molecule has 1 atom stereocenters. The minimum absolute atomic E-state index is 0.0663. The third-order valence-electron chi connectivity index (χ3n) is 3.87. The maximum absolute atomic E-state index is 12.1. The van der Waals surface area contributed by atoms with Crippen LogP contribution in [0.15, 0.2) is 36.7 Å². The van der Waals surface area contributed by atoms with E-state index >= 15 is 0 Å². The minimum atomic E-state index is 0.0663. The molecule has 0 saturated carbocycles. The molecule has 1 aromatic heterocycles. The summed E-state index contributed by atoms with van der Waals surface area (Å²) < 4.78 is 1.75. The molecule has 1 aromatic carbocycles. The van der Waals surface area contributed by atoms with Crippen LogP contribution in [0.4, 0.5) is 0 Å². The number of benzene rings is 1. The topological polar surface area (TPSA) is 50.2 Å². The van der Waals surface area contributed by atoms with Crippen LogP contribution in [-0.4, -0.2) is 47.8 Å². The zero-order chi connectivity index (χ0) is 17.5. The largest absolute Gasteiger partial charge is 0.355 e. The Morgan fingerprint density at radius 1 is 1.33 bits per heavy atom. The molecule has 24 heavy (non-hydrogen) atoms. The summed E-state index contributed by atoms with van der Waals surface area (Å²) in [6, 6.07) is 7.84. The van der Waals surface area contributed by atoms with Crippen molar-refractivity contribution in [2.45, 2.75) is 18.8 Å². The van der Waals surface area contributed by atoms with Gasteiger partial charge >= 0.3 is 0 Å². The number of likely N-dealkylation sites (N-methyl/N-ethyl adjacent to an activating group) is 1. The molecule has 0 saturated heterocycles. The molecular weight excluding hydrogens is 324 g/mol. The zero-order valence-electron chi connectivity index (χ0n) is 14.5. The van der Waals surface area contributed by atoms with Crippen molar-refractivity contribution in [3.05, 3.63) is 52.8 Å². The first-order chi connectivity index (χ1) is 11.4. The molecule has 1 amide bonds. The number of hydrogen-bond acceptors (Lipinski definition) is 3. The van der Waals surface area contributed by atoms with E-state index in [0.717, 1.165) is 17.1 Å². The third-order valence-corrected chi connectivity index (χ3v) is 4.12. The summed E-state index contributed by atoms with van der Waals surface area (Å²) in [5, 5.41) is 7.89. The summed E-state index contributed by atoms with van der Waals surface area (Å²) in [5.41, 5.74) is 2.26. The van der Waals surface area contributed by atoms with Gasteiger partial charge < -0.3 is 10.2 Å². The summed E-state index contributed by atoms with van der Waals surface area (Å²) in [5.74, 6) is 0.302. The number of hydrogen-bond donors (Lipinski definition) is 1. The van der Waals surface area contributed by atoms with Crippen molar-refractivity contribution in [1.82, 2.24) is 20.0 Å². The van der Waals surface area contributed by atoms with E-state index in [2.05, 4.69) is 15.3 Å². The van der Waals surface area contributed by atoms with Crippen molar-refractivity contribution in [1.29, 1.82) is 0 Å². The van der Waals surface area contributed by atoms with E-state index in [1.54, 1.807) is 10.9 Å². The molecule has 1 heterocycles. The van der Waals surface area contributed by atoms with Crippen molar-refractivity contribution in [3.8, 4) is 0 Å². The van der Waals surface area contributed by atoms with Gasteiger partial charge in [0.15, 0.2) is 0 Å². The van der Waals surface area contributed by atoms with Crippen molar-refractivity contribution < 1.29 is 4.79 Å². The first-order valence-electron chi connectivity index (χ1n) is 8.08. The molecule has 0 aliphatic carbocycles. The van der Waals surface area contributed by atoms with Crippen LogP contribution in [0.3, 0.4) is 0 Å². The predicted octanol–water partition coefficient (Wildman–Crippen LogP) is 2.47. The Morgan fingerprint density at radius 3 is 2.62 bits per heavy atom. The van der Waals surface area contributed by atoms with Crippen LogP contribution < -0.4 is 5.32 Å². The van der Waals surface area contributed by atoms with Gasteiger partial charge in [0.1, 0.15) is 0 Å². The molecule has 2 rings (SSSR count). The molecule has 0 radical (unpaired) electrons. The fourth-order valence-corrected chi connectivity index (χ4v) is 2.77. The highest BCUT2D eigenvalue weighted by molar-refractivity contribution is 6.30. The lowest BCUT2D eigenvalue weighted by Gasteiger charge is -2.22. The molecule has 6 heteroatoms. The average Bonchev–Trinajstić information content (AvgIpc) is 2.95. The lowest BCUT2D eigenvalue weighted by Crippen LogP contribution is -2.33. The zero-order valence-corrected chi connectivity index (χ0v) is 15.3. The smallest absolute Gasteiger partial charge is 0.220 e. The first kappa shape index (κ1) is 18.5. The lowest BCUT2D eigenvalue weighted by molar-refractivity contribution is -0.121. The van der Waals surface area contributed by atoms with Crippen LogP contribution in [0.1, 0.15) is 23.5 Å². The fraction of sp³-hybridized carbons (Fsp3) is 0.444. The molecule has 0 aliphatic heterocycles. The van der Waals surface area contributed by atoms with Gasteiger partial charge in [0, 0.05) is 43.7 Å². The Kier molecular flexibility index (Phi) is 6.82. The highest BCUT2D eigenvalue weighted by atomic mass is 35.5. The number of nitrogens with one attached hydrogen (secondary N) is 1. The van der Waals surface area contributed by atoms with E-state index in [1.165, 1.54) is 5.56 Å². The number of aryl methyl sites for hydroxylation is 2. The normalized spacial score (nSPS) is 12.4. The Hall–Kier alpha value is -1.85. The van der Waals surface area contributed by atoms with Crippen molar-refractivity contribution >= 4 is 17.5 Å². The summed E-state index contributed by atoms with van der Waals surface area (Å²) in [6.45, 7) is 1.48. The van der Waals surface area contributed by atoms with Crippen LogP contribution in [-0.2, 0) is 18.3 Å². The number of rotatable bonds is 8. The van der Waals surface area contributed by atoms with Crippen LogP contribution in [0.5, 0.6) is 0 Å². The average molecular weight is 349 g/mol. The standard InChI is InChI=1S/C18H25ClN4O/c1-22(2)13-16(15-5-7-17(19)8-6-15)11-20-18(24)9-4-14-10-21-23(3)12-14/h5-8,10,12,16H,4,9,11,13H2,1-3H3,(H,20,24)/t16-/m1/s1. The number of carbonyl (C=O) groups excluding carboxylic acids is 1. The van der Waals surface area contributed by atoms with Gasteiger partial charge in [-0.05, 0) is 43.8 Å². The van der Waals surface area contributed by atoms with Crippen molar-refractivity contribution in [2.75, 3.05) is 27.2 Å². The SMILES string of the molecule is CN(C)C[C@@H](CNC(=O)CCc1cnn(C)c1)c1ccc(Cl)cc1. The van der Waals surface area contributed by atoms with E-state index in [-0.39, 0.29) is 11.8 Å². The maximum atomic E-state index is 12.1. The van der Waals surface area contributed by atoms with Crippen LogP contribution >= 0.6 is 11.6 Å². The molecule has 2 aromatic rings. The minimum Gasteiger partial charge on any atom is -0.355 e. The Morgan fingerprint density at radius 2 is 2.04 bits per heavy atom. The van der Waals surface area contributed by atoms with E-state index in [0.29, 0.717) is 19.4 Å². The molecule has 0 unspecified atom stereocenters. The second-order valence-electron chi connectivity index (χ2n) is 6.34. The monoisotopic (exact) mass is 348 g/mol. The molecule has 0 aliphatic rings. The van der Waals surface area contributed by atoms with Gasteiger partial charge in [-0.1, -0.05) is 23.7 Å². The van der Waals surface area contributed by atoms with Crippen LogP contribution in [0.25, 0.3) is 0 Å². The van der Waals surface area contributed by atoms with Gasteiger partial charge in [0.2, 0.25) is 5.91 Å². The molecule has 130 valence electrons. The van der Waals surface area contributed by atoms with Crippen LogP contribution in [0.2, 0.25) is 5.02 Å². The van der Waals surface area contributed by atoms with E-state index in [4.69, 9.17) is 11.6 Å². The van der Waals surface area contributed by atoms with Gasteiger partial charge in [0.05, 0.1) is 6.20 Å². The summed E-state index contributed by atoms with van der Waals surface area (Å²) in [4.78, 5) is 14.3. The Balaban J connectivity index is 1.87. The van der Waals surface area contributed by atoms with Crippen molar-refractivity contribution in [2.24, 2.45) is 7.05 Å². The number of halogens is 1. The molecular formula is C18H25ClN4O. The van der Waals surface area contributed by atoms with Crippen LogP contribution in [0, 0.1) is 0 Å². The van der Waals surface area contributed by atoms with E-state index < -0.39 is 0 Å². The lowest BCUT2D eigenvalue weighted by atomic mass is 9.98. The number of carbonyl (C=O) groups is 1. The third kappa shape index (κ3) is 5.98. The summed E-state index contributed by atoms with van der Waals surface area (Å²) in [7, 11) is 5.95. The number of amides is 1. The Bertz CT molecular complexity index is 651. The summed E-state index contributed by atoms with van der Waals surface area (Å²) in [6.07, 6.45) is 4.92. The number of aromatic nitrogens is 2. The number of nitrogens with zero attached hydrogens (tertiary/aromatic N) is 3. The van der Waals surface area contributed by atoms with Gasteiger partial charge in [0.25, 0.3) is 0 Å². The highest BCUT2D eigenvalue weighted by Gasteiger charge is 2.14. The second-order valence-corrected chi connectivity index (χ2v) is 6.77. The molecule has 1 N–H and O–H groups in total. The van der Waals surface area contributed by atoms with Crippen molar-refractivity contribution in [3.63, 3.8) is 0 Å². The maximum Gasteiger partial charge on any atom is 0.220 e. The van der Waals surface area contributed by atoms with Gasteiger partial charge in [-0.25, -0.2) is 0 Å². The van der Waals surface area contributed by atoms with Gasteiger partial charge in [-0.2, -0.15) is 5.10 Å². The molecule has 5 nitrogen and oxygen atoms in total.